The third-order valence-corrected chi connectivity index (χ3v) is 2.98. The Morgan fingerprint density at radius 1 is 1.71 bits per heavy atom. The molecule has 0 aliphatic carbocycles. The zero-order valence-electron chi connectivity index (χ0n) is 7.95. The molecule has 1 rings (SSSR count). The molecule has 0 spiro atoms. The molecular weight excluding hydrogens is 202 g/mol. The average Bonchev–Trinajstić information content (AvgIpc) is 2.53. The van der Waals surface area contributed by atoms with Crippen LogP contribution < -0.4 is 4.72 Å². The minimum absolute atomic E-state index is 0.0964. The Bertz CT molecular complexity index is 408. The Kier molecular flexibility index (Phi) is 3.43. The van der Waals surface area contributed by atoms with Gasteiger partial charge in [-0.3, -0.25) is 0 Å². The molecule has 0 aromatic carbocycles. The molecule has 5 nitrogen and oxygen atoms in total. The maximum Gasteiger partial charge on any atom is 0.257 e. The van der Waals surface area contributed by atoms with E-state index in [9.17, 15) is 8.42 Å². The third kappa shape index (κ3) is 2.68. The number of hydrogen-bond donors (Lipinski definition) is 2. The Morgan fingerprint density at radius 3 is 2.93 bits per heavy atom. The Morgan fingerprint density at radius 2 is 2.43 bits per heavy atom. The average molecular weight is 215 g/mol. The van der Waals surface area contributed by atoms with E-state index in [0.29, 0.717) is 18.8 Å². The molecule has 0 fully saturated rings. The lowest BCUT2D eigenvalue weighted by Gasteiger charge is -2.01. The first-order chi connectivity index (χ1) is 6.56. The highest BCUT2D eigenvalue weighted by atomic mass is 32.2. The topological polar surface area (TPSA) is 74.8 Å². The second-order valence-corrected chi connectivity index (χ2v) is 4.54. The lowest BCUT2D eigenvalue weighted by Crippen LogP contribution is -2.24. The van der Waals surface area contributed by atoms with Gasteiger partial charge in [0.05, 0.1) is 6.20 Å². The van der Waals surface area contributed by atoms with Gasteiger partial charge in [0, 0.05) is 6.54 Å². The highest BCUT2D eigenvalue weighted by Gasteiger charge is 2.14. The van der Waals surface area contributed by atoms with Gasteiger partial charge in [0.2, 0.25) is 0 Å². The van der Waals surface area contributed by atoms with Gasteiger partial charge < -0.3 is 4.98 Å². The van der Waals surface area contributed by atoms with Gasteiger partial charge in [-0.25, -0.2) is 18.1 Å². The molecule has 0 saturated carbocycles. The van der Waals surface area contributed by atoms with Gasteiger partial charge in [-0.2, -0.15) is 0 Å². The molecule has 2 N–H and O–H groups in total. The molecule has 78 valence electrons. The van der Waals surface area contributed by atoms with Crippen molar-refractivity contribution in [2.75, 3.05) is 6.54 Å². The normalized spacial score (nSPS) is 11.5. The van der Waals surface area contributed by atoms with Crippen molar-refractivity contribution in [1.29, 1.82) is 0 Å². The summed E-state index contributed by atoms with van der Waals surface area (Å²) in [4.78, 5) is 6.47. The largest absolute Gasteiger partial charge is 0.332 e. The van der Waals surface area contributed by atoms with Crippen molar-refractivity contribution in [3.05, 3.63) is 24.7 Å². The van der Waals surface area contributed by atoms with E-state index in [-0.39, 0.29) is 5.03 Å². The first-order valence-corrected chi connectivity index (χ1v) is 5.67. The second-order valence-electron chi connectivity index (χ2n) is 2.81. The van der Waals surface area contributed by atoms with Crippen LogP contribution >= 0.6 is 0 Å². The number of aromatic nitrogens is 2. The number of aromatic amines is 1. The molecular formula is C8H13N3O2S. The first kappa shape index (κ1) is 10.9. The predicted molar refractivity (Wildman–Crippen MR) is 53.3 cm³/mol. The summed E-state index contributed by atoms with van der Waals surface area (Å²) in [5.74, 6) is 0.578. The Hall–Kier alpha value is -1.14. The van der Waals surface area contributed by atoms with Crippen molar-refractivity contribution < 1.29 is 8.42 Å². The van der Waals surface area contributed by atoms with Crippen LogP contribution in [-0.2, 0) is 10.0 Å². The van der Waals surface area contributed by atoms with Gasteiger partial charge in [-0.15, -0.1) is 6.58 Å². The van der Waals surface area contributed by atoms with Crippen LogP contribution in [0.4, 0.5) is 0 Å². The van der Waals surface area contributed by atoms with Crippen molar-refractivity contribution in [1.82, 2.24) is 14.7 Å². The fraction of sp³-hybridized carbons (Fsp3) is 0.375. The fourth-order valence-electron chi connectivity index (χ4n) is 0.908. The number of imidazole rings is 1. The van der Waals surface area contributed by atoms with Crippen molar-refractivity contribution in [2.24, 2.45) is 0 Å². The smallest absolute Gasteiger partial charge is 0.257 e. The monoisotopic (exact) mass is 215 g/mol. The number of nitrogens with one attached hydrogen (secondary N) is 2. The minimum atomic E-state index is -3.43. The van der Waals surface area contributed by atoms with Gasteiger partial charge in [0.1, 0.15) is 5.82 Å². The fourth-order valence-corrected chi connectivity index (χ4v) is 1.92. The first-order valence-electron chi connectivity index (χ1n) is 4.18. The molecule has 0 radical (unpaired) electrons. The molecule has 6 heteroatoms. The summed E-state index contributed by atoms with van der Waals surface area (Å²) in [6.45, 7) is 5.55. The van der Waals surface area contributed by atoms with Crippen LogP contribution in [0.5, 0.6) is 0 Å². The third-order valence-electron chi connectivity index (χ3n) is 1.61. The molecule has 0 aliphatic rings. The van der Waals surface area contributed by atoms with E-state index in [2.05, 4.69) is 21.3 Å². The SMILES string of the molecule is C=CCCNS(=O)(=O)c1cnc(C)[nH]1. The molecule has 0 unspecified atom stereocenters. The number of aryl methyl sites for hydroxylation is 1. The van der Waals surface area contributed by atoms with Gasteiger partial charge in [0.15, 0.2) is 5.03 Å². The van der Waals surface area contributed by atoms with Crippen molar-refractivity contribution in [3.8, 4) is 0 Å². The summed E-state index contributed by atoms with van der Waals surface area (Å²) < 4.78 is 25.4. The minimum Gasteiger partial charge on any atom is -0.332 e. The summed E-state index contributed by atoms with van der Waals surface area (Å²) in [5.41, 5.74) is 0. The molecule has 0 atom stereocenters. The van der Waals surface area contributed by atoms with Crippen LogP contribution in [0.15, 0.2) is 23.9 Å². The quantitative estimate of drug-likeness (QED) is 0.557. The predicted octanol–water partition coefficient (Wildman–Crippen LogP) is 0.573. The van der Waals surface area contributed by atoms with Crippen molar-refractivity contribution in [3.63, 3.8) is 0 Å². The van der Waals surface area contributed by atoms with Gasteiger partial charge >= 0.3 is 0 Å². The summed E-state index contributed by atoms with van der Waals surface area (Å²) in [5, 5.41) is 0.0964. The maximum absolute atomic E-state index is 11.5. The maximum atomic E-state index is 11.5. The molecule has 0 amide bonds. The van der Waals surface area contributed by atoms with Gasteiger partial charge in [-0.1, -0.05) is 6.08 Å². The lowest BCUT2D eigenvalue weighted by atomic mass is 10.4. The van der Waals surface area contributed by atoms with Crippen molar-refractivity contribution >= 4 is 10.0 Å². The van der Waals surface area contributed by atoms with E-state index in [0.717, 1.165) is 0 Å². The molecule has 1 aromatic heterocycles. The van der Waals surface area contributed by atoms with Gasteiger partial charge in [-0.05, 0) is 13.3 Å². The Balaban J connectivity index is 2.71. The van der Waals surface area contributed by atoms with E-state index in [1.165, 1.54) is 6.20 Å². The summed E-state index contributed by atoms with van der Waals surface area (Å²) in [7, 11) is -3.43. The van der Waals surface area contributed by atoms with Gasteiger partial charge in [0.25, 0.3) is 10.0 Å². The van der Waals surface area contributed by atoms with E-state index < -0.39 is 10.0 Å². The molecule has 1 aromatic rings. The summed E-state index contributed by atoms with van der Waals surface area (Å²) >= 11 is 0. The molecule has 14 heavy (non-hydrogen) atoms. The number of rotatable bonds is 5. The lowest BCUT2D eigenvalue weighted by molar-refractivity contribution is 0.579. The van der Waals surface area contributed by atoms with Crippen LogP contribution in [-0.4, -0.2) is 24.9 Å². The van der Waals surface area contributed by atoms with E-state index >= 15 is 0 Å². The number of sulfonamides is 1. The van der Waals surface area contributed by atoms with Crippen LogP contribution in [0.25, 0.3) is 0 Å². The van der Waals surface area contributed by atoms with Crippen LogP contribution in [0.1, 0.15) is 12.2 Å². The van der Waals surface area contributed by atoms with Crippen molar-refractivity contribution in [2.45, 2.75) is 18.4 Å². The molecule has 0 saturated heterocycles. The van der Waals surface area contributed by atoms with Crippen LogP contribution in [0.3, 0.4) is 0 Å². The van der Waals surface area contributed by atoms with Crippen LogP contribution in [0, 0.1) is 6.92 Å². The van der Waals surface area contributed by atoms with E-state index in [1.807, 2.05) is 0 Å². The molecule has 1 heterocycles. The highest BCUT2D eigenvalue weighted by Crippen LogP contribution is 2.04. The summed E-state index contributed by atoms with van der Waals surface area (Å²) in [6.07, 6.45) is 3.55. The summed E-state index contributed by atoms with van der Waals surface area (Å²) in [6, 6.07) is 0. The highest BCUT2D eigenvalue weighted by molar-refractivity contribution is 7.89. The molecule has 0 bridgehead atoms. The van der Waals surface area contributed by atoms with Crippen LogP contribution in [0.2, 0.25) is 0 Å². The number of H-pyrrole nitrogens is 1. The second kappa shape index (κ2) is 4.39. The zero-order valence-corrected chi connectivity index (χ0v) is 8.76. The molecule has 0 aliphatic heterocycles. The Labute approximate surface area is 83.3 Å². The van der Waals surface area contributed by atoms with E-state index in [4.69, 9.17) is 0 Å². The zero-order chi connectivity index (χ0) is 10.6. The van der Waals surface area contributed by atoms with E-state index in [1.54, 1.807) is 13.0 Å². The number of nitrogens with zero attached hydrogens (tertiary/aromatic N) is 1. The number of hydrogen-bond acceptors (Lipinski definition) is 3. The standard InChI is InChI=1S/C8H13N3O2S/c1-3-4-5-10-14(12,13)8-6-9-7(2)11-8/h3,6,10H,1,4-5H2,2H3,(H,9,11).